The minimum Gasteiger partial charge on any atom is -0.333 e. The Morgan fingerprint density at radius 1 is 1.14 bits per heavy atom. The summed E-state index contributed by atoms with van der Waals surface area (Å²) in [5, 5.41) is 14.3. The summed E-state index contributed by atoms with van der Waals surface area (Å²) in [5.74, 6) is -1.17. The van der Waals surface area contributed by atoms with Gasteiger partial charge >= 0.3 is 6.03 Å². The number of amides is 2. The normalized spacial score (nSPS) is 20.3. The molecule has 2 aromatic carbocycles. The van der Waals surface area contributed by atoms with Gasteiger partial charge in [-0.2, -0.15) is 5.10 Å². The second-order valence-electron chi connectivity index (χ2n) is 9.35. The number of likely N-dealkylation sites (tertiary alicyclic amines) is 1. The lowest BCUT2D eigenvalue weighted by Crippen LogP contribution is -2.41. The molecule has 0 bridgehead atoms. The molecule has 3 N–H and O–H groups in total. The highest BCUT2D eigenvalue weighted by atomic mass is 19.2. The molecule has 2 aliphatic rings. The summed E-state index contributed by atoms with van der Waals surface area (Å²) in [6, 6.07) is 12.7. The summed E-state index contributed by atoms with van der Waals surface area (Å²) in [7, 11) is 1.92. The Bertz CT molecular complexity index is 1290. The third-order valence-corrected chi connectivity index (χ3v) is 6.97. The van der Waals surface area contributed by atoms with E-state index in [4.69, 9.17) is 5.10 Å². The number of aromatic nitrogens is 2. The quantitative estimate of drug-likeness (QED) is 0.494. The van der Waals surface area contributed by atoms with Gasteiger partial charge in [0.2, 0.25) is 0 Å². The van der Waals surface area contributed by atoms with E-state index in [2.05, 4.69) is 22.0 Å². The molecule has 0 saturated carbocycles. The van der Waals surface area contributed by atoms with Crippen LogP contribution >= 0.6 is 0 Å². The molecule has 1 aromatic heterocycles. The number of carbonyl (C=O) groups is 1. The number of carbonyl (C=O) groups excluding carboxylic acids is 1. The first kappa shape index (κ1) is 24.1. The molecule has 0 radical (unpaired) electrons. The molecule has 1 fully saturated rings. The Balaban J connectivity index is 1.41. The highest BCUT2D eigenvalue weighted by Crippen LogP contribution is 2.33. The molecule has 0 aliphatic carbocycles. The van der Waals surface area contributed by atoms with Gasteiger partial charge in [0, 0.05) is 18.7 Å². The zero-order chi connectivity index (χ0) is 25.2. The molecule has 1 saturated heterocycles. The highest BCUT2D eigenvalue weighted by molar-refractivity contribution is 5.91. The fourth-order valence-electron chi connectivity index (χ4n) is 5.13. The van der Waals surface area contributed by atoms with E-state index in [1.54, 1.807) is 10.7 Å². The molecule has 0 unspecified atom stereocenters. The second-order valence-corrected chi connectivity index (χ2v) is 9.35. The average molecular weight is 493 g/mol. The molecular formula is C27H30F2N6O. The van der Waals surface area contributed by atoms with Crippen LogP contribution in [-0.4, -0.2) is 53.4 Å². The highest BCUT2D eigenvalue weighted by Gasteiger charge is 2.35. The zero-order valence-electron chi connectivity index (χ0n) is 20.4. The summed E-state index contributed by atoms with van der Waals surface area (Å²) in [6.45, 7) is 4.36. The first-order valence-corrected chi connectivity index (χ1v) is 12.2. The number of hydrogen-bond donors (Lipinski definition) is 3. The van der Waals surface area contributed by atoms with Crippen LogP contribution < -0.4 is 16.0 Å². The van der Waals surface area contributed by atoms with Gasteiger partial charge in [0.15, 0.2) is 11.6 Å². The smallest absolute Gasteiger partial charge is 0.320 e. The van der Waals surface area contributed by atoms with Gasteiger partial charge in [0.05, 0.1) is 23.5 Å². The minimum absolute atomic E-state index is 0.263. The van der Waals surface area contributed by atoms with Gasteiger partial charge in [-0.1, -0.05) is 30.3 Å². The fraction of sp³-hybridized carbons (Fsp3) is 0.333. The first-order chi connectivity index (χ1) is 17.4. The number of nitrogens with zero attached hydrogens (tertiary/aromatic N) is 3. The van der Waals surface area contributed by atoms with Gasteiger partial charge in [-0.3, -0.25) is 10.2 Å². The third-order valence-electron chi connectivity index (χ3n) is 6.97. The monoisotopic (exact) mass is 492 g/mol. The maximum absolute atomic E-state index is 13.9. The average Bonchev–Trinajstić information content (AvgIpc) is 3.41. The molecule has 36 heavy (non-hydrogen) atoms. The topological polar surface area (TPSA) is 74.2 Å². The number of halogens is 2. The predicted molar refractivity (Wildman–Crippen MR) is 136 cm³/mol. The van der Waals surface area contributed by atoms with Crippen LogP contribution in [0, 0.1) is 18.6 Å². The lowest BCUT2D eigenvalue weighted by atomic mass is 10.00. The van der Waals surface area contributed by atoms with Crippen LogP contribution in [0.2, 0.25) is 0 Å². The summed E-state index contributed by atoms with van der Waals surface area (Å²) in [6.07, 6.45) is 3.69. The standard InChI is InChI=1S/C27H30F2N6O/c1-17-24(18-10-13-30-14-11-18)33-35(20-6-4-3-5-7-20)26(17)32-27(36)31-23-12-15-34(2)25(23)19-8-9-21(28)22(29)16-19/h3-10,16,23,25,30H,11-15H2,1-2H3,(H2,31,32,36)/t23-,25+/m1/s1. The van der Waals surface area contributed by atoms with Gasteiger partial charge in [-0.25, -0.2) is 18.3 Å². The molecule has 2 amide bonds. The van der Waals surface area contributed by atoms with Crippen molar-refractivity contribution in [2.75, 3.05) is 32.0 Å². The van der Waals surface area contributed by atoms with Crippen LogP contribution in [0.5, 0.6) is 0 Å². The van der Waals surface area contributed by atoms with Crippen molar-refractivity contribution in [3.8, 4) is 5.69 Å². The number of urea groups is 1. The Hall–Kier alpha value is -3.56. The van der Waals surface area contributed by atoms with Crippen LogP contribution in [0.15, 0.2) is 54.6 Å². The Morgan fingerprint density at radius 3 is 2.67 bits per heavy atom. The number of rotatable bonds is 5. The van der Waals surface area contributed by atoms with Gasteiger partial charge in [-0.05, 0) is 68.8 Å². The molecule has 5 rings (SSSR count). The van der Waals surface area contributed by atoms with Crippen molar-refractivity contribution in [2.45, 2.75) is 31.8 Å². The van der Waals surface area contributed by atoms with Gasteiger partial charge < -0.3 is 10.6 Å². The van der Waals surface area contributed by atoms with E-state index >= 15 is 0 Å². The Morgan fingerprint density at radius 2 is 1.94 bits per heavy atom. The summed E-state index contributed by atoms with van der Waals surface area (Å²) in [4.78, 5) is 15.3. The van der Waals surface area contributed by atoms with Gasteiger partial charge in [0.1, 0.15) is 5.82 Å². The predicted octanol–water partition coefficient (Wildman–Crippen LogP) is 4.40. The number of likely N-dealkylation sites (N-methyl/N-ethyl adjacent to an activating group) is 1. The van der Waals surface area contributed by atoms with Crippen LogP contribution in [-0.2, 0) is 0 Å². The van der Waals surface area contributed by atoms with Gasteiger partial charge in [-0.15, -0.1) is 0 Å². The number of para-hydroxylation sites is 1. The molecule has 7 nitrogen and oxygen atoms in total. The van der Waals surface area contributed by atoms with Crippen LogP contribution in [0.25, 0.3) is 11.3 Å². The molecular weight excluding hydrogens is 462 g/mol. The molecule has 3 heterocycles. The van der Waals surface area contributed by atoms with E-state index in [0.29, 0.717) is 17.8 Å². The first-order valence-electron chi connectivity index (χ1n) is 12.2. The van der Waals surface area contributed by atoms with Crippen LogP contribution in [0.4, 0.5) is 19.4 Å². The molecule has 0 spiro atoms. The van der Waals surface area contributed by atoms with E-state index in [0.717, 1.165) is 54.6 Å². The minimum atomic E-state index is -0.891. The van der Waals surface area contributed by atoms with Crippen LogP contribution in [0.3, 0.4) is 0 Å². The van der Waals surface area contributed by atoms with E-state index in [1.165, 1.54) is 6.07 Å². The van der Waals surface area contributed by atoms with Crippen molar-refractivity contribution in [3.05, 3.63) is 83.1 Å². The van der Waals surface area contributed by atoms with Gasteiger partial charge in [0.25, 0.3) is 0 Å². The third kappa shape index (κ3) is 4.76. The van der Waals surface area contributed by atoms with E-state index in [1.807, 2.05) is 49.2 Å². The van der Waals surface area contributed by atoms with Crippen molar-refractivity contribution >= 4 is 17.4 Å². The lowest BCUT2D eigenvalue weighted by Gasteiger charge is -2.26. The maximum Gasteiger partial charge on any atom is 0.320 e. The van der Waals surface area contributed by atoms with E-state index in [-0.39, 0.29) is 18.1 Å². The molecule has 2 atom stereocenters. The fourth-order valence-corrected chi connectivity index (χ4v) is 5.13. The second kappa shape index (κ2) is 10.2. The molecule has 9 heteroatoms. The molecule has 188 valence electrons. The number of nitrogens with one attached hydrogen (secondary N) is 3. The Kier molecular flexibility index (Phi) is 6.84. The maximum atomic E-state index is 13.9. The van der Waals surface area contributed by atoms with E-state index < -0.39 is 11.6 Å². The number of benzene rings is 2. The van der Waals surface area contributed by atoms with Crippen LogP contribution in [0.1, 0.15) is 35.7 Å². The number of anilines is 1. The summed E-state index contributed by atoms with van der Waals surface area (Å²) < 4.78 is 29.2. The summed E-state index contributed by atoms with van der Waals surface area (Å²) in [5.41, 5.74) is 4.39. The van der Waals surface area contributed by atoms with Crippen molar-refractivity contribution < 1.29 is 13.6 Å². The van der Waals surface area contributed by atoms with E-state index in [9.17, 15) is 13.6 Å². The summed E-state index contributed by atoms with van der Waals surface area (Å²) >= 11 is 0. The van der Waals surface area contributed by atoms with Crippen molar-refractivity contribution in [3.63, 3.8) is 0 Å². The Labute approximate surface area is 209 Å². The molecule has 2 aliphatic heterocycles. The zero-order valence-corrected chi connectivity index (χ0v) is 20.4. The van der Waals surface area contributed by atoms with Crippen molar-refractivity contribution in [1.29, 1.82) is 0 Å². The largest absolute Gasteiger partial charge is 0.333 e. The molecule has 3 aromatic rings. The van der Waals surface area contributed by atoms with Crippen molar-refractivity contribution in [1.82, 2.24) is 25.3 Å². The number of hydrogen-bond acceptors (Lipinski definition) is 4. The SMILES string of the molecule is Cc1c(C2=CCNCC2)nn(-c2ccccc2)c1NC(=O)N[C@@H]1CCN(C)[C@H]1c1ccc(F)c(F)c1. The van der Waals surface area contributed by atoms with Crippen molar-refractivity contribution in [2.24, 2.45) is 0 Å². The lowest BCUT2D eigenvalue weighted by molar-refractivity contribution is 0.240.